The smallest absolute Gasteiger partial charge is 0.0495 e. The fraction of sp³-hybridized carbons (Fsp3) is 0.0769. The molecule has 1 heterocycles. The van der Waals surface area contributed by atoms with Crippen LogP contribution in [-0.2, 0) is 0 Å². The van der Waals surface area contributed by atoms with Gasteiger partial charge in [-0.2, -0.15) is 0 Å². The molecule has 0 aliphatic heterocycles. The van der Waals surface area contributed by atoms with Crippen LogP contribution in [0, 0.1) is 6.92 Å². The average molecular weight is 339 g/mol. The van der Waals surface area contributed by atoms with E-state index >= 15 is 0 Å². The Morgan fingerprint density at radius 1 is 0.938 bits per heavy atom. The molecule has 1 aromatic heterocycles. The molecule has 16 heavy (non-hydrogen) atoms. The van der Waals surface area contributed by atoms with Crippen LogP contribution in [-0.4, -0.2) is 4.98 Å². The summed E-state index contributed by atoms with van der Waals surface area (Å²) >= 11 is 7.06. The highest BCUT2D eigenvalue weighted by Crippen LogP contribution is 2.31. The maximum atomic E-state index is 3.55. The molecule has 3 aromatic rings. The third-order valence-electron chi connectivity index (χ3n) is 2.83. The number of rotatable bonds is 0. The zero-order chi connectivity index (χ0) is 11.3. The van der Waals surface area contributed by atoms with Gasteiger partial charge in [0, 0.05) is 30.8 Å². The molecule has 0 fully saturated rings. The molecular weight excluding hydrogens is 330 g/mol. The van der Waals surface area contributed by atoms with Gasteiger partial charge in [0.25, 0.3) is 0 Å². The number of hydrogen-bond donors (Lipinski definition) is 1. The first-order valence-corrected chi connectivity index (χ1v) is 6.61. The molecular formula is C13H9Br2N. The van der Waals surface area contributed by atoms with E-state index in [1.807, 2.05) is 0 Å². The largest absolute Gasteiger partial charge is 0.354 e. The Labute approximate surface area is 110 Å². The second kappa shape index (κ2) is 3.60. The summed E-state index contributed by atoms with van der Waals surface area (Å²) in [5, 5.41) is 2.52. The number of nitrogens with one attached hydrogen (secondary N) is 1. The molecule has 3 heteroatoms. The molecule has 0 aliphatic carbocycles. The SMILES string of the molecule is Cc1cc(Br)cc2c1[nH]c1ccc(Br)cc12. The van der Waals surface area contributed by atoms with Gasteiger partial charge >= 0.3 is 0 Å². The van der Waals surface area contributed by atoms with E-state index in [0.29, 0.717) is 0 Å². The third-order valence-corrected chi connectivity index (χ3v) is 3.78. The fourth-order valence-electron chi connectivity index (χ4n) is 2.10. The average Bonchev–Trinajstić information content (AvgIpc) is 2.57. The van der Waals surface area contributed by atoms with Gasteiger partial charge in [0.15, 0.2) is 0 Å². The number of halogens is 2. The number of fused-ring (bicyclic) bond motifs is 3. The van der Waals surface area contributed by atoms with Gasteiger partial charge in [-0.3, -0.25) is 0 Å². The van der Waals surface area contributed by atoms with Crippen LogP contribution in [0.25, 0.3) is 21.8 Å². The lowest BCUT2D eigenvalue weighted by molar-refractivity contribution is 1.44. The highest BCUT2D eigenvalue weighted by atomic mass is 79.9. The summed E-state index contributed by atoms with van der Waals surface area (Å²) in [6.07, 6.45) is 0. The predicted molar refractivity (Wildman–Crippen MR) is 75.9 cm³/mol. The van der Waals surface area contributed by atoms with E-state index in [1.54, 1.807) is 0 Å². The van der Waals surface area contributed by atoms with E-state index in [1.165, 1.54) is 27.4 Å². The number of benzene rings is 2. The van der Waals surface area contributed by atoms with E-state index in [-0.39, 0.29) is 0 Å². The molecule has 0 unspecified atom stereocenters. The van der Waals surface area contributed by atoms with Crippen molar-refractivity contribution in [2.75, 3.05) is 0 Å². The first-order valence-electron chi connectivity index (χ1n) is 5.02. The lowest BCUT2D eigenvalue weighted by atomic mass is 10.1. The van der Waals surface area contributed by atoms with E-state index < -0.39 is 0 Å². The summed E-state index contributed by atoms with van der Waals surface area (Å²) < 4.78 is 2.23. The van der Waals surface area contributed by atoms with Gasteiger partial charge in [-0.1, -0.05) is 31.9 Å². The molecule has 0 saturated heterocycles. The normalized spacial score (nSPS) is 11.4. The molecule has 2 aromatic carbocycles. The van der Waals surface area contributed by atoms with Crippen LogP contribution in [0.5, 0.6) is 0 Å². The molecule has 0 atom stereocenters. The summed E-state index contributed by atoms with van der Waals surface area (Å²) in [5.41, 5.74) is 3.66. The maximum Gasteiger partial charge on any atom is 0.0495 e. The summed E-state index contributed by atoms with van der Waals surface area (Å²) in [6, 6.07) is 10.6. The minimum atomic E-state index is 1.11. The number of hydrogen-bond acceptors (Lipinski definition) is 0. The Morgan fingerprint density at radius 2 is 1.69 bits per heavy atom. The van der Waals surface area contributed by atoms with Crippen molar-refractivity contribution in [1.82, 2.24) is 4.98 Å². The predicted octanol–water partition coefficient (Wildman–Crippen LogP) is 5.15. The molecule has 3 rings (SSSR count). The van der Waals surface area contributed by atoms with Crippen molar-refractivity contribution < 1.29 is 0 Å². The van der Waals surface area contributed by atoms with Gasteiger partial charge in [0.05, 0.1) is 0 Å². The lowest BCUT2D eigenvalue weighted by Crippen LogP contribution is -1.76. The van der Waals surface area contributed by atoms with Gasteiger partial charge in [-0.25, -0.2) is 0 Å². The minimum absolute atomic E-state index is 1.11. The highest BCUT2D eigenvalue weighted by Gasteiger charge is 2.07. The van der Waals surface area contributed by atoms with Gasteiger partial charge in [-0.15, -0.1) is 0 Å². The second-order valence-corrected chi connectivity index (χ2v) is 5.79. The first kappa shape index (κ1) is 10.4. The summed E-state index contributed by atoms with van der Waals surface area (Å²) in [4.78, 5) is 3.46. The van der Waals surface area contributed by atoms with Crippen LogP contribution in [0.1, 0.15) is 5.56 Å². The Kier molecular flexibility index (Phi) is 2.33. The molecule has 0 radical (unpaired) electrons. The van der Waals surface area contributed by atoms with E-state index in [9.17, 15) is 0 Å². The van der Waals surface area contributed by atoms with Crippen molar-refractivity contribution >= 4 is 53.7 Å². The summed E-state index contributed by atoms with van der Waals surface area (Å²) in [6.45, 7) is 2.12. The molecule has 0 bridgehead atoms. The van der Waals surface area contributed by atoms with Crippen LogP contribution in [0.15, 0.2) is 39.3 Å². The van der Waals surface area contributed by atoms with E-state index in [2.05, 4.69) is 74.1 Å². The van der Waals surface area contributed by atoms with Crippen LogP contribution in [0.4, 0.5) is 0 Å². The number of H-pyrrole nitrogens is 1. The van der Waals surface area contributed by atoms with E-state index in [0.717, 1.165) is 8.95 Å². The van der Waals surface area contributed by atoms with Crippen molar-refractivity contribution in [3.8, 4) is 0 Å². The van der Waals surface area contributed by atoms with Gasteiger partial charge in [0.2, 0.25) is 0 Å². The fourth-order valence-corrected chi connectivity index (χ4v) is 3.04. The summed E-state index contributed by atoms with van der Waals surface area (Å²) in [7, 11) is 0. The number of aryl methyl sites for hydroxylation is 1. The van der Waals surface area contributed by atoms with Gasteiger partial charge < -0.3 is 4.98 Å². The minimum Gasteiger partial charge on any atom is -0.354 e. The lowest BCUT2D eigenvalue weighted by Gasteiger charge is -1.97. The van der Waals surface area contributed by atoms with Crippen LogP contribution < -0.4 is 0 Å². The maximum absolute atomic E-state index is 3.55. The van der Waals surface area contributed by atoms with Crippen LogP contribution in [0.3, 0.4) is 0 Å². The number of aromatic amines is 1. The standard InChI is InChI=1S/C13H9Br2N/c1-7-4-9(15)6-11-10-5-8(14)2-3-12(10)16-13(7)11/h2-6,16H,1H3. The zero-order valence-electron chi connectivity index (χ0n) is 8.64. The second-order valence-electron chi connectivity index (χ2n) is 3.96. The molecule has 1 N–H and O–H groups in total. The Morgan fingerprint density at radius 3 is 2.50 bits per heavy atom. The van der Waals surface area contributed by atoms with Crippen molar-refractivity contribution in [3.05, 3.63) is 44.8 Å². The Hall–Kier alpha value is -0.800. The molecule has 80 valence electrons. The van der Waals surface area contributed by atoms with Crippen LogP contribution in [0.2, 0.25) is 0 Å². The molecule has 1 nitrogen and oxygen atoms in total. The summed E-state index contributed by atoms with van der Waals surface area (Å²) in [5.74, 6) is 0. The van der Waals surface area contributed by atoms with Crippen molar-refractivity contribution in [2.45, 2.75) is 6.92 Å². The highest BCUT2D eigenvalue weighted by molar-refractivity contribution is 9.10. The molecule has 0 aliphatic rings. The monoisotopic (exact) mass is 337 g/mol. The number of aromatic nitrogens is 1. The first-order chi connectivity index (χ1) is 7.65. The molecule has 0 saturated carbocycles. The van der Waals surface area contributed by atoms with Crippen molar-refractivity contribution in [2.24, 2.45) is 0 Å². The van der Waals surface area contributed by atoms with Crippen LogP contribution >= 0.6 is 31.9 Å². The Balaban J connectivity index is 2.57. The third kappa shape index (κ3) is 1.50. The van der Waals surface area contributed by atoms with E-state index in [4.69, 9.17) is 0 Å². The molecule has 0 amide bonds. The molecule has 0 spiro atoms. The van der Waals surface area contributed by atoms with Crippen molar-refractivity contribution in [1.29, 1.82) is 0 Å². The quantitative estimate of drug-likeness (QED) is 0.583. The van der Waals surface area contributed by atoms with Gasteiger partial charge in [0.1, 0.15) is 0 Å². The van der Waals surface area contributed by atoms with Crippen molar-refractivity contribution in [3.63, 3.8) is 0 Å². The zero-order valence-corrected chi connectivity index (χ0v) is 11.8. The Bertz CT molecular complexity index is 698. The topological polar surface area (TPSA) is 15.8 Å². The van der Waals surface area contributed by atoms with Gasteiger partial charge in [-0.05, 0) is 42.8 Å².